The molecule has 0 aromatic heterocycles. The number of nitrogens with zero attached hydrogens (tertiary/aromatic N) is 2. The zero-order valence-electron chi connectivity index (χ0n) is 14.8. The lowest BCUT2D eigenvalue weighted by atomic mass is 10.0. The highest BCUT2D eigenvalue weighted by atomic mass is 32.2. The molecule has 0 atom stereocenters. The highest BCUT2D eigenvalue weighted by Gasteiger charge is 2.30. The molecule has 1 fully saturated rings. The van der Waals surface area contributed by atoms with Crippen molar-refractivity contribution in [2.24, 2.45) is 0 Å². The van der Waals surface area contributed by atoms with E-state index in [2.05, 4.69) is 12.1 Å². The molecule has 1 heterocycles. The third-order valence-corrected chi connectivity index (χ3v) is 6.67. The Morgan fingerprint density at radius 3 is 2.44 bits per heavy atom. The average molecular weight is 368 g/mol. The smallest absolute Gasteiger partial charge is 0.317 e. The lowest BCUT2D eigenvalue weighted by molar-refractivity contribution is -0.139. The highest BCUT2D eigenvalue weighted by Crippen LogP contribution is 2.20. The zero-order chi connectivity index (χ0) is 18.3. The molecule has 0 bridgehead atoms. The third kappa shape index (κ3) is 6.09. The lowest BCUT2D eigenvalue weighted by Crippen LogP contribution is -2.48. The fourth-order valence-corrected chi connectivity index (χ4v) is 4.50. The molecule has 1 aromatic carbocycles. The maximum absolute atomic E-state index is 12.0. The van der Waals surface area contributed by atoms with Crippen LogP contribution < -0.4 is 0 Å². The molecule has 1 aliphatic heterocycles. The van der Waals surface area contributed by atoms with E-state index in [1.54, 1.807) is 6.92 Å². The normalized spacial score (nSPS) is 17.0. The van der Waals surface area contributed by atoms with Gasteiger partial charge in [0.2, 0.25) is 10.0 Å². The number of carbonyl (C=O) groups is 1. The second-order valence-corrected chi connectivity index (χ2v) is 8.74. The number of carboxylic acids is 1. The van der Waals surface area contributed by atoms with E-state index in [4.69, 9.17) is 0 Å². The predicted octanol–water partition coefficient (Wildman–Crippen LogP) is 1.82. The van der Waals surface area contributed by atoms with Crippen LogP contribution >= 0.6 is 0 Å². The van der Waals surface area contributed by atoms with Gasteiger partial charge in [-0.1, -0.05) is 30.3 Å². The molecule has 1 saturated heterocycles. The number of sulfonamides is 1. The molecular formula is C18H28N2O4S. The van der Waals surface area contributed by atoms with Crippen molar-refractivity contribution in [1.82, 2.24) is 9.21 Å². The molecule has 25 heavy (non-hydrogen) atoms. The Bertz CT molecular complexity index is 640. The first-order chi connectivity index (χ1) is 11.9. The molecule has 1 N–H and O–H groups in total. The molecular weight excluding hydrogens is 340 g/mol. The van der Waals surface area contributed by atoms with Gasteiger partial charge in [0, 0.05) is 19.1 Å². The maximum Gasteiger partial charge on any atom is 0.317 e. The molecule has 0 aliphatic carbocycles. The van der Waals surface area contributed by atoms with Gasteiger partial charge in [0.1, 0.15) is 0 Å². The first kappa shape index (κ1) is 19.9. The Labute approximate surface area is 150 Å². The molecule has 7 heteroatoms. The van der Waals surface area contributed by atoms with Crippen LogP contribution in [-0.2, 0) is 21.2 Å². The minimum absolute atomic E-state index is 0.0139. The molecule has 0 unspecified atom stereocenters. The van der Waals surface area contributed by atoms with Gasteiger partial charge in [0.05, 0.1) is 12.3 Å². The van der Waals surface area contributed by atoms with Crippen LogP contribution in [0.5, 0.6) is 0 Å². The van der Waals surface area contributed by atoms with Gasteiger partial charge in [-0.25, -0.2) is 12.7 Å². The Morgan fingerprint density at radius 1 is 1.24 bits per heavy atom. The van der Waals surface area contributed by atoms with Crippen LogP contribution in [0.1, 0.15) is 31.7 Å². The van der Waals surface area contributed by atoms with Gasteiger partial charge < -0.3 is 5.11 Å². The molecule has 0 amide bonds. The zero-order valence-corrected chi connectivity index (χ0v) is 15.6. The number of hydrogen-bond donors (Lipinski definition) is 1. The maximum atomic E-state index is 12.0. The predicted molar refractivity (Wildman–Crippen MR) is 98.0 cm³/mol. The molecule has 1 aliphatic rings. The summed E-state index contributed by atoms with van der Waals surface area (Å²) in [5, 5.41) is 9.20. The Balaban J connectivity index is 1.88. The van der Waals surface area contributed by atoms with Crippen LogP contribution in [0, 0.1) is 0 Å². The summed E-state index contributed by atoms with van der Waals surface area (Å²) in [4.78, 5) is 13.2. The van der Waals surface area contributed by atoms with Gasteiger partial charge >= 0.3 is 5.97 Å². The van der Waals surface area contributed by atoms with E-state index in [9.17, 15) is 18.3 Å². The first-order valence-corrected chi connectivity index (χ1v) is 10.5. The SMILES string of the molecule is CCS(=O)(=O)N1CCC(N(CCCc2ccccc2)CC(=O)O)CC1. The van der Waals surface area contributed by atoms with Crippen molar-refractivity contribution in [2.45, 2.75) is 38.6 Å². The van der Waals surface area contributed by atoms with Crippen molar-refractivity contribution in [1.29, 1.82) is 0 Å². The van der Waals surface area contributed by atoms with E-state index in [0.29, 0.717) is 32.5 Å². The van der Waals surface area contributed by atoms with Gasteiger partial charge in [-0.05, 0) is 44.7 Å². The van der Waals surface area contributed by atoms with Crippen molar-refractivity contribution >= 4 is 16.0 Å². The lowest BCUT2D eigenvalue weighted by Gasteiger charge is -2.37. The van der Waals surface area contributed by atoms with Crippen molar-refractivity contribution in [2.75, 3.05) is 31.9 Å². The van der Waals surface area contributed by atoms with Gasteiger partial charge in [0.15, 0.2) is 0 Å². The first-order valence-electron chi connectivity index (χ1n) is 8.90. The molecule has 2 rings (SSSR count). The summed E-state index contributed by atoms with van der Waals surface area (Å²) in [6.45, 7) is 3.35. The van der Waals surface area contributed by atoms with Gasteiger partial charge in [-0.15, -0.1) is 0 Å². The minimum atomic E-state index is -3.15. The number of carboxylic acid groups (broad SMARTS) is 1. The summed E-state index contributed by atoms with van der Waals surface area (Å²) in [5.74, 6) is -0.712. The summed E-state index contributed by atoms with van der Waals surface area (Å²) in [5.41, 5.74) is 1.25. The van der Waals surface area contributed by atoms with Crippen LogP contribution in [0.4, 0.5) is 0 Å². The average Bonchev–Trinajstić information content (AvgIpc) is 2.61. The van der Waals surface area contributed by atoms with Gasteiger partial charge in [-0.3, -0.25) is 9.69 Å². The Morgan fingerprint density at radius 2 is 1.88 bits per heavy atom. The number of piperidine rings is 1. The van der Waals surface area contributed by atoms with E-state index in [1.807, 2.05) is 23.1 Å². The van der Waals surface area contributed by atoms with Crippen molar-refractivity contribution < 1.29 is 18.3 Å². The summed E-state index contributed by atoms with van der Waals surface area (Å²) in [6.07, 6.45) is 3.19. The van der Waals surface area contributed by atoms with Crippen LogP contribution in [0.25, 0.3) is 0 Å². The minimum Gasteiger partial charge on any atom is -0.480 e. The standard InChI is InChI=1S/C18H28N2O4S/c1-2-25(23,24)20-13-10-17(11-14-20)19(15-18(21)22)12-6-9-16-7-4-3-5-8-16/h3-5,7-8,17H,2,6,9-15H2,1H3,(H,21,22). The Kier molecular flexibility index (Phi) is 7.40. The molecule has 6 nitrogen and oxygen atoms in total. The summed E-state index contributed by atoms with van der Waals surface area (Å²) >= 11 is 0. The second kappa shape index (κ2) is 9.31. The molecule has 0 saturated carbocycles. The number of aliphatic carboxylic acids is 1. The van der Waals surface area contributed by atoms with Crippen LogP contribution in [0.3, 0.4) is 0 Å². The van der Waals surface area contributed by atoms with Crippen LogP contribution in [0.2, 0.25) is 0 Å². The van der Waals surface area contributed by atoms with Crippen molar-refractivity contribution in [3.8, 4) is 0 Å². The molecule has 1 aromatic rings. The van der Waals surface area contributed by atoms with Gasteiger partial charge in [-0.2, -0.15) is 0 Å². The van der Waals surface area contributed by atoms with Gasteiger partial charge in [0.25, 0.3) is 0 Å². The number of benzene rings is 1. The molecule has 0 spiro atoms. The number of hydrogen-bond acceptors (Lipinski definition) is 4. The monoisotopic (exact) mass is 368 g/mol. The second-order valence-electron chi connectivity index (χ2n) is 6.48. The third-order valence-electron chi connectivity index (χ3n) is 4.79. The topological polar surface area (TPSA) is 77.9 Å². The highest BCUT2D eigenvalue weighted by molar-refractivity contribution is 7.89. The van der Waals surface area contributed by atoms with E-state index in [1.165, 1.54) is 9.87 Å². The molecule has 0 radical (unpaired) electrons. The summed E-state index contributed by atoms with van der Waals surface area (Å²) < 4.78 is 25.4. The number of rotatable bonds is 9. The molecule has 140 valence electrons. The summed E-state index contributed by atoms with van der Waals surface area (Å²) in [6, 6.07) is 10.3. The Hall–Kier alpha value is -1.44. The van der Waals surface area contributed by atoms with E-state index < -0.39 is 16.0 Å². The van der Waals surface area contributed by atoms with Crippen LogP contribution in [0.15, 0.2) is 30.3 Å². The largest absolute Gasteiger partial charge is 0.480 e. The van der Waals surface area contributed by atoms with Crippen molar-refractivity contribution in [3.63, 3.8) is 0 Å². The van der Waals surface area contributed by atoms with Crippen molar-refractivity contribution in [3.05, 3.63) is 35.9 Å². The summed E-state index contributed by atoms with van der Waals surface area (Å²) in [7, 11) is -3.15. The van der Waals surface area contributed by atoms with E-state index in [-0.39, 0.29) is 18.3 Å². The van der Waals surface area contributed by atoms with E-state index >= 15 is 0 Å². The number of aryl methyl sites for hydroxylation is 1. The quantitative estimate of drug-likeness (QED) is 0.719. The van der Waals surface area contributed by atoms with Crippen LogP contribution in [-0.4, -0.2) is 66.7 Å². The fourth-order valence-electron chi connectivity index (χ4n) is 3.36. The fraction of sp³-hybridized carbons (Fsp3) is 0.611. The van der Waals surface area contributed by atoms with E-state index in [0.717, 1.165) is 12.8 Å².